The van der Waals surface area contributed by atoms with Crippen LogP contribution in [0.3, 0.4) is 0 Å². The molecule has 0 aliphatic carbocycles. The molecule has 0 spiro atoms. The zero-order valence-electron chi connectivity index (χ0n) is 24.0. The van der Waals surface area contributed by atoms with E-state index in [2.05, 4.69) is 15.3 Å². The Labute approximate surface area is 259 Å². The Morgan fingerprint density at radius 3 is 2.16 bits per heavy atom. The first kappa shape index (κ1) is 29.7. The summed E-state index contributed by atoms with van der Waals surface area (Å²) >= 11 is 0. The number of nitrogens with zero attached hydrogens (tertiary/aromatic N) is 3. The number of carbonyl (C=O) groups is 3. The van der Waals surface area contributed by atoms with Crippen LogP contribution in [-0.2, 0) is 28.9 Å². The lowest BCUT2D eigenvalue weighted by atomic mass is 9.94. The van der Waals surface area contributed by atoms with Crippen LogP contribution in [0.1, 0.15) is 29.8 Å². The molecule has 12 heteroatoms. The number of sulfone groups is 1. The number of ether oxygens (including phenoxy) is 2. The van der Waals surface area contributed by atoms with Crippen molar-refractivity contribution in [2.24, 2.45) is 0 Å². The SMILES string of the molecule is C[C@]1(COC(=O)Nc2ccncc2)[C@H](C(=O)OC(c2ccccc2)c2ccccc2)N2C(=O)/C(=C/c3ccccn3)C2S1(=O)=O. The number of amides is 2. The smallest absolute Gasteiger partial charge is 0.411 e. The average Bonchev–Trinajstić information content (AvgIpc) is 3.23. The van der Waals surface area contributed by atoms with Gasteiger partial charge in [0.25, 0.3) is 5.91 Å². The van der Waals surface area contributed by atoms with Gasteiger partial charge in [-0.1, -0.05) is 66.7 Å². The lowest BCUT2D eigenvalue weighted by Gasteiger charge is -2.39. The van der Waals surface area contributed by atoms with Crippen LogP contribution in [0, 0.1) is 0 Å². The monoisotopic (exact) mass is 624 g/mol. The van der Waals surface area contributed by atoms with Crippen LogP contribution in [0.15, 0.2) is 115 Å². The van der Waals surface area contributed by atoms with Crippen LogP contribution in [0.5, 0.6) is 0 Å². The van der Waals surface area contributed by atoms with Gasteiger partial charge in [0.1, 0.15) is 11.4 Å². The first-order valence-corrected chi connectivity index (χ1v) is 15.6. The van der Waals surface area contributed by atoms with Gasteiger partial charge in [-0.2, -0.15) is 0 Å². The Balaban J connectivity index is 1.36. The molecule has 6 rings (SSSR count). The maximum atomic E-state index is 14.3. The largest absolute Gasteiger partial charge is 0.451 e. The molecule has 2 aliphatic heterocycles. The summed E-state index contributed by atoms with van der Waals surface area (Å²) in [6.07, 6.45) is 3.99. The van der Waals surface area contributed by atoms with E-state index in [9.17, 15) is 22.8 Å². The highest BCUT2D eigenvalue weighted by Gasteiger charge is 2.73. The van der Waals surface area contributed by atoms with E-state index < -0.39 is 56.7 Å². The van der Waals surface area contributed by atoms with E-state index in [1.54, 1.807) is 66.7 Å². The molecule has 4 aromatic rings. The van der Waals surface area contributed by atoms with Crippen LogP contribution in [0.2, 0.25) is 0 Å². The molecular formula is C33H28N4O7S. The summed E-state index contributed by atoms with van der Waals surface area (Å²) in [5, 5.41) is 1.04. The fourth-order valence-corrected chi connectivity index (χ4v) is 7.83. The summed E-state index contributed by atoms with van der Waals surface area (Å²) in [7, 11) is -4.36. The van der Waals surface area contributed by atoms with Crippen molar-refractivity contribution in [2.45, 2.75) is 29.2 Å². The molecule has 0 bridgehead atoms. The van der Waals surface area contributed by atoms with Gasteiger partial charge >= 0.3 is 12.1 Å². The number of nitrogens with one attached hydrogen (secondary N) is 1. The predicted molar refractivity (Wildman–Crippen MR) is 164 cm³/mol. The van der Waals surface area contributed by atoms with Crippen molar-refractivity contribution in [3.05, 3.63) is 132 Å². The lowest BCUT2D eigenvalue weighted by Crippen LogP contribution is -2.60. The molecular weight excluding hydrogens is 596 g/mol. The second-order valence-electron chi connectivity index (χ2n) is 10.8. The normalized spacial score (nSPS) is 22.4. The predicted octanol–water partition coefficient (Wildman–Crippen LogP) is 4.17. The highest BCUT2D eigenvalue weighted by molar-refractivity contribution is 7.94. The Morgan fingerprint density at radius 2 is 1.56 bits per heavy atom. The number of β-lactam (4-membered cyclic amide) rings is 1. The summed E-state index contributed by atoms with van der Waals surface area (Å²) in [5.41, 5.74) is 2.01. The van der Waals surface area contributed by atoms with E-state index in [0.717, 1.165) is 4.90 Å². The van der Waals surface area contributed by atoms with Gasteiger partial charge in [-0.05, 0) is 48.4 Å². The number of hydrogen-bond donors (Lipinski definition) is 1. The molecule has 0 saturated carbocycles. The zero-order valence-corrected chi connectivity index (χ0v) is 24.8. The Morgan fingerprint density at radius 1 is 0.933 bits per heavy atom. The van der Waals surface area contributed by atoms with Gasteiger partial charge in [-0.15, -0.1) is 0 Å². The number of esters is 1. The molecule has 3 atom stereocenters. The van der Waals surface area contributed by atoms with Gasteiger partial charge < -0.3 is 14.4 Å². The number of hydrogen-bond acceptors (Lipinski definition) is 9. The first-order chi connectivity index (χ1) is 21.7. The van der Waals surface area contributed by atoms with Gasteiger partial charge in [0.2, 0.25) is 0 Å². The van der Waals surface area contributed by atoms with Gasteiger partial charge in [-0.25, -0.2) is 18.0 Å². The van der Waals surface area contributed by atoms with E-state index in [0.29, 0.717) is 22.5 Å². The first-order valence-electron chi connectivity index (χ1n) is 14.0. The van der Waals surface area contributed by atoms with Gasteiger partial charge in [-0.3, -0.25) is 20.1 Å². The van der Waals surface area contributed by atoms with Crippen LogP contribution < -0.4 is 5.32 Å². The van der Waals surface area contributed by atoms with Gasteiger partial charge in [0.05, 0.1) is 11.3 Å². The molecule has 1 N–H and O–H groups in total. The van der Waals surface area contributed by atoms with Crippen molar-refractivity contribution in [1.82, 2.24) is 14.9 Å². The molecule has 45 heavy (non-hydrogen) atoms. The summed E-state index contributed by atoms with van der Waals surface area (Å²) < 4.78 is 37.9. The highest BCUT2D eigenvalue weighted by atomic mass is 32.2. The molecule has 11 nitrogen and oxygen atoms in total. The minimum Gasteiger partial charge on any atom is -0.451 e. The van der Waals surface area contributed by atoms with Gasteiger partial charge in [0, 0.05) is 24.3 Å². The molecule has 2 amide bonds. The van der Waals surface area contributed by atoms with Crippen molar-refractivity contribution in [2.75, 3.05) is 11.9 Å². The number of anilines is 1. The second kappa shape index (κ2) is 12.0. The van der Waals surface area contributed by atoms with E-state index in [1.807, 2.05) is 12.1 Å². The summed E-state index contributed by atoms with van der Waals surface area (Å²) in [6, 6.07) is 24.4. The third-order valence-electron chi connectivity index (χ3n) is 7.87. The minimum atomic E-state index is -4.36. The molecule has 2 aromatic carbocycles. The van der Waals surface area contributed by atoms with E-state index in [1.165, 1.54) is 43.7 Å². The summed E-state index contributed by atoms with van der Waals surface area (Å²) in [5.74, 6) is -1.61. The van der Waals surface area contributed by atoms with E-state index >= 15 is 0 Å². The molecule has 0 radical (unpaired) electrons. The van der Waals surface area contributed by atoms with Crippen molar-refractivity contribution in [1.29, 1.82) is 0 Å². The quantitative estimate of drug-likeness (QED) is 0.174. The molecule has 2 aliphatic rings. The third-order valence-corrected chi connectivity index (χ3v) is 10.6. The fourth-order valence-electron chi connectivity index (χ4n) is 5.56. The number of aromatic nitrogens is 2. The maximum Gasteiger partial charge on any atom is 0.411 e. The number of fused-ring (bicyclic) bond motifs is 1. The number of rotatable bonds is 8. The molecule has 4 heterocycles. The van der Waals surface area contributed by atoms with Gasteiger partial charge in [0.15, 0.2) is 27.4 Å². The van der Waals surface area contributed by atoms with Crippen LogP contribution >= 0.6 is 0 Å². The highest BCUT2D eigenvalue weighted by Crippen LogP contribution is 2.50. The van der Waals surface area contributed by atoms with Crippen LogP contribution in [-0.4, -0.2) is 64.0 Å². The Hall–Kier alpha value is -5.36. The molecule has 2 saturated heterocycles. The van der Waals surface area contributed by atoms with Crippen molar-refractivity contribution in [3.63, 3.8) is 0 Å². The zero-order chi connectivity index (χ0) is 31.6. The summed E-state index contributed by atoms with van der Waals surface area (Å²) in [6.45, 7) is 0.558. The average molecular weight is 625 g/mol. The second-order valence-corrected chi connectivity index (χ2v) is 13.2. The Kier molecular flexibility index (Phi) is 7.90. The van der Waals surface area contributed by atoms with Crippen LogP contribution in [0.4, 0.5) is 10.5 Å². The molecule has 1 unspecified atom stereocenters. The topological polar surface area (TPSA) is 145 Å². The fraction of sp³-hybridized carbons (Fsp3) is 0.182. The molecule has 228 valence electrons. The molecule has 2 aromatic heterocycles. The number of carbonyl (C=O) groups excluding carboxylic acids is 3. The number of benzene rings is 2. The molecule has 2 fully saturated rings. The standard InChI is InChI=1S/C33H28N4O7S/c1-33(21-43-32(40)36-24-15-18-34-19-16-24)28(31(39)44-27(22-10-4-2-5-11-22)23-12-6-3-7-13-23)37-29(38)26(30(37)45(33,41)42)20-25-14-8-9-17-35-25/h2-20,27-28,30H,21H2,1H3,(H,34,36,40)/b26-20-/t28-,30?,33-/m0/s1. The maximum absolute atomic E-state index is 14.3. The van der Waals surface area contributed by atoms with Crippen molar-refractivity contribution in [3.8, 4) is 0 Å². The van der Waals surface area contributed by atoms with Crippen LogP contribution in [0.25, 0.3) is 6.08 Å². The van der Waals surface area contributed by atoms with Crippen molar-refractivity contribution >= 4 is 39.6 Å². The van der Waals surface area contributed by atoms with Crippen molar-refractivity contribution < 1.29 is 32.3 Å². The van der Waals surface area contributed by atoms with E-state index in [-0.39, 0.29) is 5.57 Å². The number of pyridine rings is 2. The summed E-state index contributed by atoms with van der Waals surface area (Å²) in [4.78, 5) is 49.5. The van der Waals surface area contributed by atoms with E-state index in [4.69, 9.17) is 9.47 Å². The Bertz CT molecular complexity index is 1820. The third kappa shape index (κ3) is 5.44. The minimum absolute atomic E-state index is 0.0425. The lowest BCUT2D eigenvalue weighted by molar-refractivity contribution is -0.161.